The molecule has 0 saturated carbocycles. The van der Waals surface area contributed by atoms with Crippen LogP contribution in [0.2, 0.25) is 0 Å². The van der Waals surface area contributed by atoms with Gasteiger partial charge in [-0.25, -0.2) is 9.59 Å². The van der Waals surface area contributed by atoms with Crippen molar-refractivity contribution in [1.82, 2.24) is 10.6 Å². The number of amides is 2. The molecule has 0 unspecified atom stereocenters. The van der Waals surface area contributed by atoms with Crippen LogP contribution in [0.15, 0.2) is 0 Å². The Bertz CT molecular complexity index is 515. The number of rotatable bonds is 12. The Hall–Kier alpha value is -2.52. The van der Waals surface area contributed by atoms with Gasteiger partial charge in [0.15, 0.2) is 0 Å². The van der Waals surface area contributed by atoms with Crippen molar-refractivity contribution in [2.75, 3.05) is 13.1 Å². The van der Waals surface area contributed by atoms with Crippen LogP contribution in [-0.4, -0.2) is 58.6 Å². The van der Waals surface area contributed by atoms with Gasteiger partial charge in [-0.05, 0) is 67.2 Å². The number of unbranched alkanes of at least 4 members (excludes halogenated alkanes) is 4. The number of nitrogens with one attached hydrogen (secondary N) is 2. The van der Waals surface area contributed by atoms with Crippen molar-refractivity contribution in [2.24, 2.45) is 0 Å². The van der Waals surface area contributed by atoms with Gasteiger partial charge in [-0.3, -0.25) is 9.59 Å². The average Bonchev–Trinajstić information content (AvgIpc) is 2.58. The molecule has 0 rings (SSSR count). The van der Waals surface area contributed by atoms with Crippen molar-refractivity contribution in [2.45, 2.75) is 104 Å². The first kappa shape index (κ1) is 31.7. The van der Waals surface area contributed by atoms with Crippen LogP contribution in [0, 0.1) is 0 Å². The summed E-state index contributed by atoms with van der Waals surface area (Å²) in [5.74, 6) is -1.56. The molecule has 0 fully saturated rings. The van der Waals surface area contributed by atoms with Crippen LogP contribution in [0.3, 0.4) is 0 Å². The van der Waals surface area contributed by atoms with E-state index in [1.165, 1.54) is 0 Å². The van der Waals surface area contributed by atoms with E-state index in [0.29, 0.717) is 25.9 Å². The van der Waals surface area contributed by atoms with Crippen molar-refractivity contribution < 1.29 is 38.9 Å². The summed E-state index contributed by atoms with van der Waals surface area (Å²) >= 11 is 0. The fraction of sp³-hybridized carbons (Fsp3) is 0.818. The molecule has 0 aromatic rings. The topological polar surface area (TPSA) is 151 Å². The highest BCUT2D eigenvalue weighted by molar-refractivity contribution is 5.68. The Morgan fingerprint density at radius 3 is 1.16 bits per heavy atom. The minimum Gasteiger partial charge on any atom is -0.481 e. The van der Waals surface area contributed by atoms with Crippen molar-refractivity contribution in [1.29, 1.82) is 0 Å². The lowest BCUT2D eigenvalue weighted by atomic mass is 10.2. The molecule has 0 aromatic carbocycles. The number of ether oxygens (including phenoxy) is 2. The molecule has 0 bridgehead atoms. The molecule has 188 valence electrons. The summed E-state index contributed by atoms with van der Waals surface area (Å²) < 4.78 is 10.1. The predicted octanol–water partition coefficient (Wildman–Crippen LogP) is 4.31. The van der Waals surface area contributed by atoms with E-state index in [4.69, 9.17) is 19.7 Å². The summed E-state index contributed by atoms with van der Waals surface area (Å²) in [5.41, 5.74) is -0.958. The Morgan fingerprint density at radius 2 is 0.906 bits per heavy atom. The van der Waals surface area contributed by atoms with E-state index in [1.54, 1.807) is 41.5 Å². The van der Waals surface area contributed by atoms with Gasteiger partial charge in [0, 0.05) is 25.9 Å². The number of alkyl carbamates (subject to hydrolysis) is 2. The smallest absolute Gasteiger partial charge is 0.407 e. The zero-order valence-corrected chi connectivity index (χ0v) is 20.4. The largest absolute Gasteiger partial charge is 0.481 e. The predicted molar refractivity (Wildman–Crippen MR) is 121 cm³/mol. The molecule has 0 aromatic heterocycles. The number of carboxylic acid groups (broad SMARTS) is 2. The summed E-state index contributed by atoms with van der Waals surface area (Å²) in [6, 6.07) is 0. The molecular formula is C22H42N2O8. The third-order valence-electron chi connectivity index (χ3n) is 3.47. The van der Waals surface area contributed by atoms with Crippen LogP contribution in [0.4, 0.5) is 9.59 Å². The Kier molecular flexibility index (Phi) is 16.9. The SMILES string of the molecule is CC(C)(C)OC(=O)NCCCCCC(=O)O.CC(C)(C)OC(=O)NCCCCCC(=O)O. The van der Waals surface area contributed by atoms with Gasteiger partial charge in [-0.15, -0.1) is 0 Å². The van der Waals surface area contributed by atoms with Crippen LogP contribution < -0.4 is 10.6 Å². The van der Waals surface area contributed by atoms with Gasteiger partial charge in [0.25, 0.3) is 0 Å². The van der Waals surface area contributed by atoms with E-state index < -0.39 is 35.3 Å². The molecule has 0 saturated heterocycles. The van der Waals surface area contributed by atoms with Crippen molar-refractivity contribution >= 4 is 24.1 Å². The average molecular weight is 463 g/mol. The van der Waals surface area contributed by atoms with Gasteiger partial charge in [-0.2, -0.15) is 0 Å². The summed E-state index contributed by atoms with van der Waals surface area (Å²) in [4.78, 5) is 42.8. The molecule has 32 heavy (non-hydrogen) atoms. The summed E-state index contributed by atoms with van der Waals surface area (Å²) in [7, 11) is 0. The van der Waals surface area contributed by atoms with E-state index in [0.717, 1.165) is 25.7 Å². The Balaban J connectivity index is 0. The van der Waals surface area contributed by atoms with E-state index >= 15 is 0 Å². The van der Waals surface area contributed by atoms with Crippen molar-refractivity contribution in [3.63, 3.8) is 0 Å². The summed E-state index contributed by atoms with van der Waals surface area (Å²) in [5, 5.41) is 22.0. The molecule has 4 N–H and O–H groups in total. The molecule has 0 radical (unpaired) electrons. The van der Waals surface area contributed by atoms with Crippen LogP contribution in [0.25, 0.3) is 0 Å². The fourth-order valence-corrected chi connectivity index (χ4v) is 2.17. The second kappa shape index (κ2) is 17.1. The highest BCUT2D eigenvalue weighted by Gasteiger charge is 2.16. The zero-order chi connectivity index (χ0) is 25.2. The monoisotopic (exact) mass is 462 g/mol. The lowest BCUT2D eigenvalue weighted by Crippen LogP contribution is -2.33. The molecular weight excluding hydrogens is 420 g/mol. The number of hydrogen-bond donors (Lipinski definition) is 4. The first-order valence-electron chi connectivity index (χ1n) is 11.0. The lowest BCUT2D eigenvalue weighted by molar-refractivity contribution is -0.138. The second-order valence-corrected chi connectivity index (χ2v) is 9.27. The van der Waals surface area contributed by atoms with Crippen LogP contribution in [0.1, 0.15) is 92.9 Å². The van der Waals surface area contributed by atoms with Crippen molar-refractivity contribution in [3.8, 4) is 0 Å². The van der Waals surface area contributed by atoms with Gasteiger partial charge in [0.1, 0.15) is 11.2 Å². The Morgan fingerprint density at radius 1 is 0.594 bits per heavy atom. The molecule has 0 atom stereocenters. The minimum atomic E-state index is -0.778. The number of hydrogen-bond acceptors (Lipinski definition) is 6. The molecule has 2 amide bonds. The number of carbonyl (C=O) groups excluding carboxylic acids is 2. The zero-order valence-electron chi connectivity index (χ0n) is 20.4. The molecule has 0 aliphatic heterocycles. The fourth-order valence-electron chi connectivity index (χ4n) is 2.17. The third kappa shape index (κ3) is 29.7. The third-order valence-corrected chi connectivity index (χ3v) is 3.47. The maximum absolute atomic E-state index is 11.2. The standard InChI is InChI=1S/2C11H21NO4/c2*1-11(2,3)16-10(15)12-8-6-4-5-7-9(13)14/h2*4-8H2,1-3H3,(H,12,15)(H,13,14). The summed E-state index contributed by atoms with van der Waals surface area (Å²) in [6.07, 6.45) is 3.94. The number of carbonyl (C=O) groups is 4. The minimum absolute atomic E-state index is 0.187. The van der Waals surface area contributed by atoms with Crippen molar-refractivity contribution in [3.05, 3.63) is 0 Å². The van der Waals surface area contributed by atoms with E-state index in [9.17, 15) is 19.2 Å². The normalized spacial score (nSPS) is 10.9. The van der Waals surface area contributed by atoms with Gasteiger partial charge >= 0.3 is 24.1 Å². The van der Waals surface area contributed by atoms with E-state index in [-0.39, 0.29) is 12.8 Å². The van der Waals surface area contributed by atoms with Crippen LogP contribution in [0.5, 0.6) is 0 Å². The van der Waals surface area contributed by atoms with E-state index in [2.05, 4.69) is 10.6 Å². The number of carboxylic acids is 2. The number of aliphatic carboxylic acids is 2. The maximum atomic E-state index is 11.2. The maximum Gasteiger partial charge on any atom is 0.407 e. The van der Waals surface area contributed by atoms with E-state index in [1.807, 2.05) is 0 Å². The Labute approximate surface area is 191 Å². The lowest BCUT2D eigenvalue weighted by Gasteiger charge is -2.19. The molecule has 0 aliphatic carbocycles. The first-order valence-corrected chi connectivity index (χ1v) is 11.0. The molecule has 0 spiro atoms. The molecule has 0 heterocycles. The molecule has 10 nitrogen and oxygen atoms in total. The van der Waals surface area contributed by atoms with Gasteiger partial charge in [0.05, 0.1) is 0 Å². The van der Waals surface area contributed by atoms with Gasteiger partial charge in [0.2, 0.25) is 0 Å². The van der Waals surface area contributed by atoms with Crippen LogP contribution in [-0.2, 0) is 19.1 Å². The first-order chi connectivity index (χ1) is 14.6. The summed E-state index contributed by atoms with van der Waals surface area (Å²) in [6.45, 7) is 11.9. The highest BCUT2D eigenvalue weighted by Crippen LogP contribution is 2.07. The van der Waals surface area contributed by atoms with Crippen LogP contribution >= 0.6 is 0 Å². The molecule has 10 heteroatoms. The van der Waals surface area contributed by atoms with Gasteiger partial charge in [-0.1, -0.05) is 12.8 Å². The molecule has 0 aliphatic rings. The quantitative estimate of drug-likeness (QED) is 0.313. The highest BCUT2D eigenvalue weighted by atomic mass is 16.6. The second-order valence-electron chi connectivity index (χ2n) is 9.27. The van der Waals surface area contributed by atoms with Gasteiger partial charge < -0.3 is 30.3 Å².